The van der Waals surface area contributed by atoms with Gasteiger partial charge in [-0.1, -0.05) is 13.3 Å². The molecule has 2 unspecified atom stereocenters. The molecular formula is C16H33N3O2. The SMILES string of the molecule is CCCNC1(C(N)=O)CCCC1CCN(C)CCCOC. The third-order valence-electron chi connectivity index (χ3n) is 4.70. The highest BCUT2D eigenvalue weighted by Gasteiger charge is 2.46. The van der Waals surface area contributed by atoms with Gasteiger partial charge in [-0.05, 0) is 58.2 Å². The summed E-state index contributed by atoms with van der Waals surface area (Å²) in [5.74, 6) is 0.201. The van der Waals surface area contributed by atoms with Gasteiger partial charge >= 0.3 is 0 Å². The number of rotatable bonds is 11. The number of hydrogen-bond donors (Lipinski definition) is 2. The van der Waals surface area contributed by atoms with E-state index in [4.69, 9.17) is 10.5 Å². The lowest BCUT2D eigenvalue weighted by atomic mass is 9.83. The maximum atomic E-state index is 12.0. The first-order valence-corrected chi connectivity index (χ1v) is 8.29. The van der Waals surface area contributed by atoms with Crippen molar-refractivity contribution in [2.24, 2.45) is 11.7 Å². The first kappa shape index (κ1) is 18.4. The summed E-state index contributed by atoms with van der Waals surface area (Å²) in [4.78, 5) is 14.3. The Morgan fingerprint density at radius 1 is 1.48 bits per heavy atom. The number of primary amides is 1. The third-order valence-corrected chi connectivity index (χ3v) is 4.70. The summed E-state index contributed by atoms with van der Waals surface area (Å²) in [6, 6.07) is 0. The lowest BCUT2D eigenvalue weighted by Crippen LogP contribution is -2.58. The van der Waals surface area contributed by atoms with Gasteiger partial charge in [-0.2, -0.15) is 0 Å². The topological polar surface area (TPSA) is 67.6 Å². The first-order valence-electron chi connectivity index (χ1n) is 8.29. The van der Waals surface area contributed by atoms with Crippen molar-refractivity contribution in [2.75, 3.05) is 40.4 Å². The van der Waals surface area contributed by atoms with E-state index in [-0.39, 0.29) is 5.91 Å². The molecule has 1 aliphatic rings. The van der Waals surface area contributed by atoms with Gasteiger partial charge in [-0.3, -0.25) is 4.79 Å². The number of nitrogens with zero attached hydrogens (tertiary/aromatic N) is 1. The van der Waals surface area contributed by atoms with Crippen LogP contribution in [0.25, 0.3) is 0 Å². The predicted octanol–water partition coefficient (Wildman–Crippen LogP) is 1.37. The Labute approximate surface area is 129 Å². The number of methoxy groups -OCH3 is 1. The molecule has 1 amide bonds. The Hall–Kier alpha value is -0.650. The van der Waals surface area contributed by atoms with Crippen LogP contribution in [0.5, 0.6) is 0 Å². The van der Waals surface area contributed by atoms with Crippen LogP contribution in [0.3, 0.4) is 0 Å². The minimum atomic E-state index is -0.469. The van der Waals surface area contributed by atoms with E-state index in [9.17, 15) is 4.79 Å². The fraction of sp³-hybridized carbons (Fsp3) is 0.938. The minimum Gasteiger partial charge on any atom is -0.385 e. The summed E-state index contributed by atoms with van der Waals surface area (Å²) < 4.78 is 5.08. The third kappa shape index (κ3) is 5.24. The van der Waals surface area contributed by atoms with Gasteiger partial charge in [-0.15, -0.1) is 0 Å². The Morgan fingerprint density at radius 3 is 2.86 bits per heavy atom. The summed E-state index contributed by atoms with van der Waals surface area (Å²) in [6.45, 7) is 5.83. The van der Waals surface area contributed by atoms with Crippen molar-refractivity contribution >= 4 is 5.91 Å². The number of nitrogens with one attached hydrogen (secondary N) is 1. The van der Waals surface area contributed by atoms with Crippen LogP contribution >= 0.6 is 0 Å². The molecule has 5 heteroatoms. The predicted molar refractivity (Wildman–Crippen MR) is 86.2 cm³/mol. The lowest BCUT2D eigenvalue weighted by Gasteiger charge is -2.34. The second-order valence-electron chi connectivity index (χ2n) is 6.29. The van der Waals surface area contributed by atoms with Crippen molar-refractivity contribution in [2.45, 2.75) is 51.0 Å². The van der Waals surface area contributed by atoms with Crippen LogP contribution in [0.1, 0.15) is 45.4 Å². The highest BCUT2D eigenvalue weighted by Crippen LogP contribution is 2.38. The molecule has 1 aliphatic carbocycles. The van der Waals surface area contributed by atoms with Crippen LogP contribution in [0.15, 0.2) is 0 Å². The quantitative estimate of drug-likeness (QED) is 0.565. The molecule has 0 radical (unpaired) electrons. The summed E-state index contributed by atoms with van der Waals surface area (Å²) in [5.41, 5.74) is 5.27. The number of carbonyl (C=O) groups is 1. The Morgan fingerprint density at radius 2 is 2.24 bits per heavy atom. The van der Waals surface area contributed by atoms with Gasteiger partial charge in [0, 0.05) is 20.3 Å². The van der Waals surface area contributed by atoms with Crippen LogP contribution in [0.4, 0.5) is 0 Å². The standard InChI is InChI=1S/C16H33N3O2/c1-4-10-18-16(15(17)20)9-5-7-14(16)8-12-19(2)11-6-13-21-3/h14,18H,4-13H2,1-3H3,(H2,17,20). The van der Waals surface area contributed by atoms with E-state index in [0.717, 1.165) is 64.8 Å². The van der Waals surface area contributed by atoms with Gasteiger partial charge in [0.25, 0.3) is 0 Å². The van der Waals surface area contributed by atoms with Crippen molar-refractivity contribution in [1.82, 2.24) is 10.2 Å². The zero-order chi connectivity index (χ0) is 15.7. The van der Waals surface area contributed by atoms with Gasteiger partial charge in [0.05, 0.1) is 0 Å². The van der Waals surface area contributed by atoms with Crippen molar-refractivity contribution in [3.8, 4) is 0 Å². The van der Waals surface area contributed by atoms with Gasteiger partial charge in [0.15, 0.2) is 0 Å². The van der Waals surface area contributed by atoms with E-state index in [2.05, 4.69) is 24.2 Å². The molecule has 0 bridgehead atoms. The fourth-order valence-electron chi connectivity index (χ4n) is 3.43. The van der Waals surface area contributed by atoms with Gasteiger partial charge < -0.3 is 20.7 Å². The van der Waals surface area contributed by atoms with Crippen LogP contribution in [-0.2, 0) is 9.53 Å². The van der Waals surface area contributed by atoms with Crippen LogP contribution in [0.2, 0.25) is 0 Å². The smallest absolute Gasteiger partial charge is 0.238 e. The monoisotopic (exact) mass is 299 g/mol. The fourth-order valence-corrected chi connectivity index (χ4v) is 3.43. The van der Waals surface area contributed by atoms with Crippen LogP contribution in [-0.4, -0.2) is 56.7 Å². The number of amides is 1. The average molecular weight is 299 g/mol. The molecule has 0 aromatic rings. The zero-order valence-electron chi connectivity index (χ0n) is 14.0. The average Bonchev–Trinajstić information content (AvgIpc) is 2.87. The largest absolute Gasteiger partial charge is 0.385 e. The molecular weight excluding hydrogens is 266 g/mol. The van der Waals surface area contributed by atoms with Gasteiger partial charge in [0.2, 0.25) is 5.91 Å². The lowest BCUT2D eigenvalue weighted by molar-refractivity contribution is -0.126. The Balaban J connectivity index is 2.49. The molecule has 0 heterocycles. The van der Waals surface area contributed by atoms with Crippen molar-refractivity contribution in [3.05, 3.63) is 0 Å². The summed E-state index contributed by atoms with van der Waals surface area (Å²) in [5, 5.41) is 3.46. The number of carbonyl (C=O) groups excluding carboxylic acids is 1. The van der Waals surface area contributed by atoms with E-state index in [1.54, 1.807) is 7.11 Å². The van der Waals surface area contributed by atoms with Gasteiger partial charge in [-0.25, -0.2) is 0 Å². The molecule has 0 spiro atoms. The molecule has 1 rings (SSSR count). The van der Waals surface area contributed by atoms with E-state index in [1.807, 2.05) is 0 Å². The van der Waals surface area contributed by atoms with Crippen molar-refractivity contribution < 1.29 is 9.53 Å². The Bertz CT molecular complexity index is 312. The second kappa shape index (κ2) is 9.38. The number of ether oxygens (including phenoxy) is 1. The highest BCUT2D eigenvalue weighted by molar-refractivity contribution is 5.85. The normalized spacial score (nSPS) is 25.6. The van der Waals surface area contributed by atoms with Crippen molar-refractivity contribution in [1.29, 1.82) is 0 Å². The van der Waals surface area contributed by atoms with E-state index < -0.39 is 5.54 Å². The minimum absolute atomic E-state index is 0.166. The van der Waals surface area contributed by atoms with Crippen LogP contribution in [0, 0.1) is 5.92 Å². The molecule has 2 atom stereocenters. The molecule has 1 saturated carbocycles. The molecule has 0 aliphatic heterocycles. The molecule has 3 N–H and O–H groups in total. The summed E-state index contributed by atoms with van der Waals surface area (Å²) >= 11 is 0. The molecule has 0 saturated heterocycles. The molecule has 5 nitrogen and oxygen atoms in total. The maximum absolute atomic E-state index is 12.0. The summed E-state index contributed by atoms with van der Waals surface area (Å²) in [7, 11) is 3.87. The molecule has 1 fully saturated rings. The number of hydrogen-bond acceptors (Lipinski definition) is 4. The highest BCUT2D eigenvalue weighted by atomic mass is 16.5. The van der Waals surface area contributed by atoms with Gasteiger partial charge in [0.1, 0.15) is 5.54 Å². The van der Waals surface area contributed by atoms with Crippen LogP contribution < -0.4 is 11.1 Å². The van der Waals surface area contributed by atoms with E-state index in [0.29, 0.717) is 5.92 Å². The summed E-state index contributed by atoms with van der Waals surface area (Å²) in [6.07, 6.45) is 6.19. The maximum Gasteiger partial charge on any atom is 0.238 e. The molecule has 0 aromatic carbocycles. The van der Waals surface area contributed by atoms with E-state index in [1.165, 1.54) is 0 Å². The molecule has 0 aromatic heterocycles. The number of nitrogens with two attached hydrogens (primary N) is 1. The zero-order valence-corrected chi connectivity index (χ0v) is 14.0. The van der Waals surface area contributed by atoms with Crippen molar-refractivity contribution in [3.63, 3.8) is 0 Å². The molecule has 21 heavy (non-hydrogen) atoms. The molecule has 124 valence electrons. The first-order chi connectivity index (χ1) is 10.1. The second-order valence-corrected chi connectivity index (χ2v) is 6.29. The van der Waals surface area contributed by atoms with E-state index >= 15 is 0 Å². The Kier molecular flexibility index (Phi) is 8.22.